The molecule has 1 aliphatic carbocycles. The maximum atomic E-state index is 5.81. The Morgan fingerprint density at radius 3 is 2.56 bits per heavy atom. The van der Waals surface area contributed by atoms with Crippen molar-refractivity contribution in [3.63, 3.8) is 0 Å². The average molecular weight is 252 g/mol. The van der Waals surface area contributed by atoms with E-state index < -0.39 is 0 Å². The summed E-state index contributed by atoms with van der Waals surface area (Å²) < 4.78 is 5.81. The standard InChI is InChI=1S/C15H28N2O/c1-15(2)9-13(11-18-15)16-12-7-8-17(10-12)14-5-3-4-6-14/h12-14,16H,3-11H2,1-2H3. The third-order valence-corrected chi connectivity index (χ3v) is 4.95. The Kier molecular flexibility index (Phi) is 3.65. The van der Waals surface area contributed by atoms with Crippen LogP contribution in [0, 0.1) is 0 Å². The highest BCUT2D eigenvalue weighted by molar-refractivity contribution is 4.92. The predicted octanol–water partition coefficient (Wildman–Crippen LogP) is 2.16. The van der Waals surface area contributed by atoms with E-state index in [-0.39, 0.29) is 5.60 Å². The number of ether oxygens (including phenoxy) is 1. The van der Waals surface area contributed by atoms with Crippen molar-refractivity contribution in [2.75, 3.05) is 19.7 Å². The second-order valence-electron chi connectivity index (χ2n) is 7.06. The molecule has 1 N–H and O–H groups in total. The molecule has 3 aliphatic rings. The fourth-order valence-electron chi connectivity index (χ4n) is 4.00. The molecule has 0 aromatic rings. The maximum Gasteiger partial charge on any atom is 0.0643 e. The van der Waals surface area contributed by atoms with Gasteiger partial charge in [-0.1, -0.05) is 12.8 Å². The van der Waals surface area contributed by atoms with Crippen LogP contribution < -0.4 is 5.32 Å². The number of nitrogens with one attached hydrogen (secondary N) is 1. The van der Waals surface area contributed by atoms with Crippen molar-refractivity contribution in [1.29, 1.82) is 0 Å². The van der Waals surface area contributed by atoms with Gasteiger partial charge in [0.15, 0.2) is 0 Å². The molecule has 0 aromatic carbocycles. The van der Waals surface area contributed by atoms with Crippen LogP contribution in [0.25, 0.3) is 0 Å². The summed E-state index contributed by atoms with van der Waals surface area (Å²) in [6.07, 6.45) is 8.26. The van der Waals surface area contributed by atoms with Crippen molar-refractivity contribution in [3.05, 3.63) is 0 Å². The topological polar surface area (TPSA) is 24.5 Å². The third kappa shape index (κ3) is 2.89. The van der Waals surface area contributed by atoms with Crippen molar-refractivity contribution >= 4 is 0 Å². The summed E-state index contributed by atoms with van der Waals surface area (Å²) in [5.41, 5.74) is 0.0847. The van der Waals surface area contributed by atoms with E-state index in [4.69, 9.17) is 4.74 Å². The molecule has 3 heteroatoms. The molecule has 3 rings (SSSR count). The number of hydrogen-bond acceptors (Lipinski definition) is 3. The van der Waals surface area contributed by atoms with Crippen LogP contribution in [0.1, 0.15) is 52.4 Å². The van der Waals surface area contributed by atoms with Gasteiger partial charge in [0.1, 0.15) is 0 Å². The van der Waals surface area contributed by atoms with Crippen molar-refractivity contribution in [2.45, 2.75) is 76.1 Å². The lowest BCUT2D eigenvalue weighted by molar-refractivity contribution is 0.0355. The molecule has 0 radical (unpaired) electrons. The van der Waals surface area contributed by atoms with Crippen molar-refractivity contribution in [1.82, 2.24) is 10.2 Å². The minimum atomic E-state index is 0.0847. The molecular formula is C15H28N2O. The number of likely N-dealkylation sites (tertiary alicyclic amines) is 1. The van der Waals surface area contributed by atoms with E-state index in [1.807, 2.05) is 0 Å². The Balaban J connectivity index is 1.45. The smallest absolute Gasteiger partial charge is 0.0643 e. The van der Waals surface area contributed by atoms with E-state index in [2.05, 4.69) is 24.1 Å². The molecule has 3 nitrogen and oxygen atoms in total. The van der Waals surface area contributed by atoms with Gasteiger partial charge in [0.05, 0.1) is 12.2 Å². The molecule has 2 saturated heterocycles. The van der Waals surface area contributed by atoms with Crippen LogP contribution in [-0.4, -0.2) is 48.3 Å². The van der Waals surface area contributed by atoms with Crippen LogP contribution in [0.3, 0.4) is 0 Å². The monoisotopic (exact) mass is 252 g/mol. The fourth-order valence-corrected chi connectivity index (χ4v) is 4.00. The number of hydrogen-bond donors (Lipinski definition) is 1. The lowest BCUT2D eigenvalue weighted by atomic mass is 10.0. The summed E-state index contributed by atoms with van der Waals surface area (Å²) in [4.78, 5) is 2.73. The summed E-state index contributed by atoms with van der Waals surface area (Å²) in [5, 5.41) is 3.82. The van der Waals surface area contributed by atoms with E-state index in [0.29, 0.717) is 12.1 Å². The molecule has 18 heavy (non-hydrogen) atoms. The van der Waals surface area contributed by atoms with Gasteiger partial charge >= 0.3 is 0 Å². The molecule has 3 fully saturated rings. The highest BCUT2D eigenvalue weighted by atomic mass is 16.5. The highest BCUT2D eigenvalue weighted by Gasteiger charge is 2.35. The van der Waals surface area contributed by atoms with Gasteiger partial charge in [0, 0.05) is 31.2 Å². The Hall–Kier alpha value is -0.120. The molecule has 2 atom stereocenters. The second-order valence-corrected chi connectivity index (χ2v) is 7.06. The summed E-state index contributed by atoms with van der Waals surface area (Å²) in [6, 6.07) is 2.18. The summed E-state index contributed by atoms with van der Waals surface area (Å²) in [5.74, 6) is 0. The second kappa shape index (κ2) is 5.10. The Morgan fingerprint density at radius 1 is 1.11 bits per heavy atom. The number of nitrogens with zero attached hydrogens (tertiary/aromatic N) is 1. The highest BCUT2D eigenvalue weighted by Crippen LogP contribution is 2.28. The van der Waals surface area contributed by atoms with Crippen LogP contribution in [0.15, 0.2) is 0 Å². The largest absolute Gasteiger partial charge is 0.374 e. The molecule has 0 bridgehead atoms. The first kappa shape index (κ1) is 12.9. The molecule has 0 amide bonds. The van der Waals surface area contributed by atoms with E-state index in [0.717, 1.165) is 19.1 Å². The first-order chi connectivity index (χ1) is 8.62. The van der Waals surface area contributed by atoms with Gasteiger partial charge in [-0.15, -0.1) is 0 Å². The summed E-state index contributed by atoms with van der Waals surface area (Å²) in [6.45, 7) is 7.87. The Labute approximate surface area is 111 Å². The van der Waals surface area contributed by atoms with Crippen molar-refractivity contribution in [2.24, 2.45) is 0 Å². The van der Waals surface area contributed by atoms with Crippen LogP contribution in [0.5, 0.6) is 0 Å². The lowest BCUT2D eigenvalue weighted by Crippen LogP contribution is -2.42. The molecule has 0 aromatic heterocycles. The van der Waals surface area contributed by atoms with Gasteiger partial charge < -0.3 is 10.1 Å². The molecular weight excluding hydrogens is 224 g/mol. The van der Waals surface area contributed by atoms with Gasteiger partial charge in [-0.2, -0.15) is 0 Å². The third-order valence-electron chi connectivity index (χ3n) is 4.95. The van der Waals surface area contributed by atoms with Crippen molar-refractivity contribution in [3.8, 4) is 0 Å². The van der Waals surface area contributed by atoms with E-state index in [1.54, 1.807) is 0 Å². The molecule has 0 spiro atoms. The van der Waals surface area contributed by atoms with Crippen LogP contribution in [-0.2, 0) is 4.74 Å². The Morgan fingerprint density at radius 2 is 1.89 bits per heavy atom. The van der Waals surface area contributed by atoms with E-state index in [9.17, 15) is 0 Å². The molecule has 1 saturated carbocycles. The zero-order chi connectivity index (χ0) is 12.6. The molecule has 2 unspecified atom stereocenters. The maximum absolute atomic E-state index is 5.81. The Bertz CT molecular complexity index is 286. The first-order valence-electron chi connectivity index (χ1n) is 7.76. The van der Waals surface area contributed by atoms with Crippen LogP contribution in [0.2, 0.25) is 0 Å². The van der Waals surface area contributed by atoms with E-state index in [1.165, 1.54) is 45.2 Å². The summed E-state index contributed by atoms with van der Waals surface area (Å²) >= 11 is 0. The molecule has 104 valence electrons. The SMILES string of the molecule is CC1(C)CC(NC2CCN(C3CCCC3)C2)CO1. The summed E-state index contributed by atoms with van der Waals surface area (Å²) in [7, 11) is 0. The predicted molar refractivity (Wildman–Crippen MR) is 73.8 cm³/mol. The van der Waals surface area contributed by atoms with E-state index >= 15 is 0 Å². The van der Waals surface area contributed by atoms with Crippen molar-refractivity contribution < 1.29 is 4.74 Å². The minimum absolute atomic E-state index is 0.0847. The average Bonchev–Trinajstić information content (AvgIpc) is 2.99. The van der Waals surface area contributed by atoms with Gasteiger partial charge in [0.2, 0.25) is 0 Å². The van der Waals surface area contributed by atoms with Crippen LogP contribution in [0.4, 0.5) is 0 Å². The number of rotatable bonds is 3. The minimum Gasteiger partial charge on any atom is -0.374 e. The molecule has 2 heterocycles. The first-order valence-corrected chi connectivity index (χ1v) is 7.76. The lowest BCUT2D eigenvalue weighted by Gasteiger charge is -2.24. The fraction of sp³-hybridized carbons (Fsp3) is 1.00. The zero-order valence-electron chi connectivity index (χ0n) is 12.0. The van der Waals surface area contributed by atoms with Gasteiger partial charge in [-0.3, -0.25) is 4.90 Å². The van der Waals surface area contributed by atoms with Gasteiger partial charge in [0.25, 0.3) is 0 Å². The van der Waals surface area contributed by atoms with Gasteiger partial charge in [-0.25, -0.2) is 0 Å². The normalized spacial score (nSPS) is 37.7. The zero-order valence-corrected chi connectivity index (χ0v) is 12.0. The van der Waals surface area contributed by atoms with Gasteiger partial charge in [-0.05, 0) is 39.5 Å². The quantitative estimate of drug-likeness (QED) is 0.833. The molecule has 2 aliphatic heterocycles. The van der Waals surface area contributed by atoms with Crippen LogP contribution >= 0.6 is 0 Å².